The van der Waals surface area contributed by atoms with Gasteiger partial charge >= 0.3 is 0 Å². The van der Waals surface area contributed by atoms with Crippen molar-refractivity contribution in [1.29, 1.82) is 0 Å². The summed E-state index contributed by atoms with van der Waals surface area (Å²) < 4.78 is 7.07. The molecule has 4 aromatic rings. The van der Waals surface area contributed by atoms with Crippen LogP contribution in [-0.4, -0.2) is 37.7 Å². The highest BCUT2D eigenvalue weighted by molar-refractivity contribution is 7.99. The third-order valence-electron chi connectivity index (χ3n) is 4.61. The van der Waals surface area contributed by atoms with Gasteiger partial charge in [-0.2, -0.15) is 0 Å². The molecule has 0 saturated carbocycles. The average Bonchev–Trinajstić information content (AvgIpc) is 3.30. The Kier molecular flexibility index (Phi) is 6.46. The van der Waals surface area contributed by atoms with Crippen LogP contribution < -0.4 is 10.1 Å². The minimum absolute atomic E-state index is 0.195. The molecular weight excluding hydrogens is 424 g/mol. The minimum atomic E-state index is -0.245. The molecule has 0 aliphatic heterocycles. The number of amides is 1. The molecule has 1 amide bonds. The van der Waals surface area contributed by atoms with Gasteiger partial charge in [0.25, 0.3) is 5.91 Å². The topological polar surface area (TPSA) is 94.8 Å². The van der Waals surface area contributed by atoms with Gasteiger partial charge in [-0.3, -0.25) is 4.79 Å². The van der Waals surface area contributed by atoms with Gasteiger partial charge in [-0.25, -0.2) is 9.97 Å². The number of ether oxygens (including phenoxy) is 1. The van der Waals surface area contributed by atoms with E-state index in [0.29, 0.717) is 28.6 Å². The van der Waals surface area contributed by atoms with Gasteiger partial charge in [-0.15, -0.1) is 10.2 Å². The molecule has 32 heavy (non-hydrogen) atoms. The van der Waals surface area contributed by atoms with Gasteiger partial charge in [-0.05, 0) is 56.3 Å². The highest BCUT2D eigenvalue weighted by Gasteiger charge is 2.13. The molecule has 0 bridgehead atoms. The van der Waals surface area contributed by atoms with Crippen molar-refractivity contribution in [3.63, 3.8) is 0 Å². The maximum absolute atomic E-state index is 12.8. The highest BCUT2D eigenvalue weighted by atomic mass is 32.2. The van der Waals surface area contributed by atoms with E-state index < -0.39 is 0 Å². The van der Waals surface area contributed by atoms with E-state index in [4.69, 9.17) is 4.74 Å². The third-order valence-corrected chi connectivity index (χ3v) is 5.55. The quantitative estimate of drug-likeness (QED) is 0.438. The second-order valence-electron chi connectivity index (χ2n) is 7.18. The first-order chi connectivity index (χ1) is 15.5. The van der Waals surface area contributed by atoms with Crippen LogP contribution in [0.25, 0.3) is 11.5 Å². The molecule has 0 fully saturated rings. The second-order valence-corrected chi connectivity index (χ2v) is 8.28. The zero-order valence-electron chi connectivity index (χ0n) is 17.9. The Labute approximate surface area is 190 Å². The van der Waals surface area contributed by atoms with E-state index in [1.165, 1.54) is 11.8 Å². The van der Waals surface area contributed by atoms with Crippen LogP contribution in [0.2, 0.25) is 0 Å². The average molecular weight is 447 g/mol. The number of hydrogen-bond donors (Lipinski definition) is 1. The molecule has 0 spiro atoms. The number of nitrogens with one attached hydrogen (secondary N) is 1. The predicted octanol–water partition coefficient (Wildman–Crippen LogP) is 4.73. The number of anilines is 1. The first-order valence-corrected chi connectivity index (χ1v) is 10.8. The van der Waals surface area contributed by atoms with Crippen molar-refractivity contribution in [2.24, 2.45) is 0 Å². The molecule has 162 valence electrons. The van der Waals surface area contributed by atoms with Crippen LogP contribution in [0.3, 0.4) is 0 Å². The van der Waals surface area contributed by atoms with Crippen LogP contribution in [0.5, 0.6) is 5.75 Å². The molecule has 0 unspecified atom stereocenters. The summed E-state index contributed by atoms with van der Waals surface area (Å²) in [5.41, 5.74) is 1.17. The smallest absolute Gasteiger partial charge is 0.256 e. The van der Waals surface area contributed by atoms with Gasteiger partial charge in [-0.1, -0.05) is 23.9 Å². The monoisotopic (exact) mass is 446 g/mol. The van der Waals surface area contributed by atoms with Gasteiger partial charge in [0.05, 0.1) is 13.3 Å². The second kappa shape index (κ2) is 9.61. The van der Waals surface area contributed by atoms with Crippen LogP contribution in [0.1, 0.15) is 30.2 Å². The standard InChI is InChI=1S/C23H22N6O2S/c1-15(2)29-14-25-28-22(29)19-8-5-9-20(26-19)27-23(30)16-6-4-7-18(12-16)32-21-11-10-17(31-3)13-24-21/h4-15H,1-3H3,(H,26,27,30). The molecule has 8 nitrogen and oxygen atoms in total. The highest BCUT2D eigenvalue weighted by Crippen LogP contribution is 2.28. The van der Waals surface area contributed by atoms with Crippen molar-refractivity contribution in [3.05, 3.63) is 72.7 Å². The normalized spacial score (nSPS) is 10.9. The lowest BCUT2D eigenvalue weighted by Gasteiger charge is -2.11. The van der Waals surface area contributed by atoms with Crippen molar-refractivity contribution >= 4 is 23.5 Å². The molecule has 3 heterocycles. The van der Waals surface area contributed by atoms with E-state index in [2.05, 4.69) is 25.5 Å². The van der Waals surface area contributed by atoms with Crippen molar-refractivity contribution in [1.82, 2.24) is 24.7 Å². The number of pyridine rings is 2. The Morgan fingerprint density at radius 2 is 1.97 bits per heavy atom. The van der Waals surface area contributed by atoms with Gasteiger partial charge in [0.1, 0.15) is 28.6 Å². The lowest BCUT2D eigenvalue weighted by Crippen LogP contribution is -2.13. The number of rotatable bonds is 7. The summed E-state index contributed by atoms with van der Waals surface area (Å²) >= 11 is 1.47. The fourth-order valence-electron chi connectivity index (χ4n) is 2.99. The molecular formula is C23H22N6O2S. The number of aromatic nitrogens is 5. The number of nitrogens with zero attached hydrogens (tertiary/aromatic N) is 5. The Bertz CT molecular complexity index is 1220. The first kappa shape index (κ1) is 21.5. The largest absolute Gasteiger partial charge is 0.495 e. The zero-order valence-corrected chi connectivity index (χ0v) is 18.7. The van der Waals surface area contributed by atoms with Crippen molar-refractivity contribution in [2.75, 3.05) is 12.4 Å². The third kappa shape index (κ3) is 4.94. The summed E-state index contributed by atoms with van der Waals surface area (Å²) in [5.74, 6) is 1.55. The molecule has 0 atom stereocenters. The van der Waals surface area contributed by atoms with E-state index in [0.717, 1.165) is 9.92 Å². The van der Waals surface area contributed by atoms with Crippen molar-refractivity contribution in [2.45, 2.75) is 29.8 Å². The SMILES string of the molecule is COc1ccc(Sc2cccc(C(=O)Nc3cccc(-c4nncn4C(C)C)n3)c2)nc1. The van der Waals surface area contributed by atoms with Gasteiger partial charge in [0.2, 0.25) is 0 Å². The molecule has 4 rings (SSSR count). The molecule has 1 N–H and O–H groups in total. The first-order valence-electron chi connectivity index (χ1n) is 10.00. The van der Waals surface area contributed by atoms with Crippen LogP contribution in [-0.2, 0) is 0 Å². The number of benzene rings is 1. The number of methoxy groups -OCH3 is 1. The van der Waals surface area contributed by atoms with Crippen LogP contribution in [0.4, 0.5) is 5.82 Å². The molecule has 0 radical (unpaired) electrons. The lowest BCUT2D eigenvalue weighted by molar-refractivity contribution is 0.102. The van der Waals surface area contributed by atoms with E-state index in [-0.39, 0.29) is 11.9 Å². The molecule has 0 saturated heterocycles. The summed E-state index contributed by atoms with van der Waals surface area (Å²) in [6.07, 6.45) is 3.34. The van der Waals surface area contributed by atoms with E-state index in [1.54, 1.807) is 31.8 Å². The summed E-state index contributed by atoms with van der Waals surface area (Å²) in [6.45, 7) is 4.09. The van der Waals surface area contributed by atoms with Crippen LogP contribution in [0.15, 0.2) is 77.0 Å². The van der Waals surface area contributed by atoms with E-state index >= 15 is 0 Å². The Morgan fingerprint density at radius 1 is 1.12 bits per heavy atom. The summed E-state index contributed by atoms with van der Waals surface area (Å²) in [7, 11) is 1.60. The summed E-state index contributed by atoms with van der Waals surface area (Å²) in [4.78, 5) is 22.7. The molecule has 9 heteroatoms. The van der Waals surface area contributed by atoms with E-state index in [9.17, 15) is 4.79 Å². The van der Waals surface area contributed by atoms with Gasteiger partial charge < -0.3 is 14.6 Å². The number of carbonyl (C=O) groups excluding carboxylic acids is 1. The van der Waals surface area contributed by atoms with Crippen LogP contribution in [0, 0.1) is 0 Å². The number of hydrogen-bond acceptors (Lipinski definition) is 7. The van der Waals surface area contributed by atoms with Gasteiger partial charge in [0, 0.05) is 16.5 Å². The predicted molar refractivity (Wildman–Crippen MR) is 123 cm³/mol. The Hall–Kier alpha value is -3.72. The molecule has 0 aliphatic carbocycles. The Balaban J connectivity index is 1.49. The fourth-order valence-corrected chi connectivity index (χ4v) is 3.81. The molecule has 3 aromatic heterocycles. The lowest BCUT2D eigenvalue weighted by atomic mass is 10.2. The minimum Gasteiger partial charge on any atom is -0.495 e. The summed E-state index contributed by atoms with van der Waals surface area (Å²) in [5, 5.41) is 11.8. The van der Waals surface area contributed by atoms with Crippen LogP contribution >= 0.6 is 11.8 Å². The zero-order chi connectivity index (χ0) is 22.5. The maximum Gasteiger partial charge on any atom is 0.256 e. The number of carbonyl (C=O) groups is 1. The fraction of sp³-hybridized carbons (Fsp3) is 0.174. The summed E-state index contributed by atoms with van der Waals surface area (Å²) in [6, 6.07) is 16.7. The molecule has 1 aromatic carbocycles. The van der Waals surface area contributed by atoms with Crippen molar-refractivity contribution in [3.8, 4) is 17.3 Å². The maximum atomic E-state index is 12.8. The van der Waals surface area contributed by atoms with Crippen molar-refractivity contribution < 1.29 is 9.53 Å². The Morgan fingerprint density at radius 3 is 2.72 bits per heavy atom. The molecule has 0 aliphatic rings. The van der Waals surface area contributed by atoms with Gasteiger partial charge in [0.15, 0.2) is 5.82 Å². The van der Waals surface area contributed by atoms with E-state index in [1.807, 2.05) is 60.9 Å².